The van der Waals surface area contributed by atoms with E-state index in [9.17, 15) is 9.59 Å². The van der Waals surface area contributed by atoms with Crippen LogP contribution in [0.25, 0.3) is 0 Å². The first-order valence-corrected chi connectivity index (χ1v) is 8.27. The lowest BCUT2D eigenvalue weighted by molar-refractivity contribution is -0.209. The number of carbonyl (C=O) groups excluding carboxylic acids is 2. The van der Waals surface area contributed by atoms with Gasteiger partial charge in [0.25, 0.3) is 0 Å². The summed E-state index contributed by atoms with van der Waals surface area (Å²) in [6, 6.07) is -0.286. The van der Waals surface area contributed by atoms with E-state index in [2.05, 4.69) is 5.32 Å². The van der Waals surface area contributed by atoms with Gasteiger partial charge in [0, 0.05) is 21.0 Å². The van der Waals surface area contributed by atoms with Crippen molar-refractivity contribution < 1.29 is 28.5 Å². The fourth-order valence-electron chi connectivity index (χ4n) is 2.48. The topological polar surface area (TPSA) is 83.1 Å². The molecule has 5 atom stereocenters. The van der Waals surface area contributed by atoms with Crippen molar-refractivity contribution >= 4 is 23.7 Å². The van der Waals surface area contributed by atoms with Crippen molar-refractivity contribution in [3.05, 3.63) is 0 Å². The van der Waals surface area contributed by atoms with Crippen LogP contribution in [0, 0.1) is 0 Å². The Morgan fingerprint density at radius 2 is 1.77 bits per heavy atom. The molecule has 0 aromatic carbocycles. The summed E-state index contributed by atoms with van der Waals surface area (Å²) < 4.78 is 22.0. The van der Waals surface area contributed by atoms with E-state index in [-0.39, 0.29) is 18.1 Å². The summed E-state index contributed by atoms with van der Waals surface area (Å²) in [5.74, 6) is -0.0443. The molecule has 0 bridgehead atoms. The molecule has 1 saturated heterocycles. The summed E-state index contributed by atoms with van der Waals surface area (Å²) in [6.07, 6.45) is -1.84. The first kappa shape index (κ1) is 19.2. The zero-order chi connectivity index (χ0) is 16.7. The molecule has 0 aromatic heterocycles. The molecular formula is C14H25NO6S. The van der Waals surface area contributed by atoms with E-state index >= 15 is 0 Å². The van der Waals surface area contributed by atoms with Crippen LogP contribution in [0.4, 0.5) is 0 Å². The molecule has 1 rings (SSSR count). The summed E-state index contributed by atoms with van der Waals surface area (Å²) in [5, 5.41) is 3.10. The minimum Gasteiger partial charge on any atom is -0.457 e. The Morgan fingerprint density at radius 3 is 2.23 bits per heavy atom. The molecule has 0 spiro atoms. The number of rotatable bonds is 7. The fraction of sp³-hybridized carbons (Fsp3) is 0.857. The van der Waals surface area contributed by atoms with Crippen LogP contribution in [-0.2, 0) is 28.5 Å². The van der Waals surface area contributed by atoms with Gasteiger partial charge in [-0.05, 0) is 12.8 Å². The number of nitrogens with one attached hydrogen (secondary N) is 1. The molecule has 1 heterocycles. The van der Waals surface area contributed by atoms with Crippen LogP contribution in [0.1, 0.15) is 20.8 Å². The Kier molecular flexibility index (Phi) is 8.16. The maximum Gasteiger partial charge on any atom is 0.303 e. The van der Waals surface area contributed by atoms with E-state index in [1.54, 1.807) is 25.9 Å². The minimum atomic E-state index is -0.715. The van der Waals surface area contributed by atoms with Gasteiger partial charge in [0.05, 0.1) is 12.6 Å². The molecule has 0 saturated carbocycles. The number of ether oxygens (including phenoxy) is 4. The number of likely N-dealkylation sites (N-methyl/N-ethyl adjacent to an activating group) is 1. The number of hydrogen-bond acceptors (Lipinski definition) is 8. The lowest BCUT2D eigenvalue weighted by Crippen LogP contribution is -2.64. The van der Waals surface area contributed by atoms with Gasteiger partial charge in [-0.2, -0.15) is 0 Å². The third kappa shape index (κ3) is 5.12. The van der Waals surface area contributed by atoms with E-state index in [1.165, 1.54) is 13.8 Å². The molecule has 0 amide bonds. The molecular weight excluding hydrogens is 310 g/mol. The second-order valence-corrected chi connectivity index (χ2v) is 6.29. The van der Waals surface area contributed by atoms with Gasteiger partial charge < -0.3 is 24.3 Å². The highest BCUT2D eigenvalue weighted by Gasteiger charge is 2.49. The summed E-state index contributed by atoms with van der Waals surface area (Å²) in [5.41, 5.74) is -0.230. The van der Waals surface area contributed by atoms with Crippen molar-refractivity contribution in [1.29, 1.82) is 0 Å². The zero-order valence-corrected chi connectivity index (χ0v) is 14.5. The van der Waals surface area contributed by atoms with Crippen molar-refractivity contribution in [2.45, 2.75) is 50.6 Å². The quantitative estimate of drug-likeness (QED) is 0.676. The van der Waals surface area contributed by atoms with Crippen LogP contribution >= 0.6 is 11.8 Å². The van der Waals surface area contributed by atoms with Gasteiger partial charge in [0.1, 0.15) is 11.5 Å². The normalized spacial score (nSPS) is 31.6. The molecule has 1 fully saturated rings. The minimum absolute atomic E-state index is 0.230. The predicted molar refractivity (Wildman–Crippen MR) is 82.6 cm³/mol. The van der Waals surface area contributed by atoms with Crippen LogP contribution in [-0.4, -0.2) is 68.2 Å². The molecule has 0 aromatic rings. The average molecular weight is 335 g/mol. The van der Waals surface area contributed by atoms with E-state index < -0.39 is 30.3 Å². The van der Waals surface area contributed by atoms with E-state index in [0.29, 0.717) is 0 Å². The maximum atomic E-state index is 11.5. The Bertz CT molecular complexity index is 380. The Labute approximate surface area is 135 Å². The van der Waals surface area contributed by atoms with Gasteiger partial charge >= 0.3 is 11.9 Å². The van der Waals surface area contributed by atoms with E-state index in [1.807, 2.05) is 6.92 Å². The van der Waals surface area contributed by atoms with E-state index in [0.717, 1.165) is 5.75 Å². The standard InChI is InChI=1S/C14H25NO6S/c1-6-22-14-11(15-4)13(20-9(3)17)12(19-8(2)16)10(21-14)7-18-5/h10-15H,6-7H2,1-5H3/t10?,11?,12?,13?,14-/m0/s1. The number of thioether (sulfide) groups is 1. The molecule has 22 heavy (non-hydrogen) atoms. The number of hydrogen-bond donors (Lipinski definition) is 1. The molecule has 1 aliphatic rings. The predicted octanol–water partition coefficient (Wildman–Crippen LogP) is 0.562. The molecule has 128 valence electrons. The smallest absolute Gasteiger partial charge is 0.303 e. The van der Waals surface area contributed by atoms with Gasteiger partial charge in [0.2, 0.25) is 0 Å². The van der Waals surface area contributed by atoms with Crippen molar-refractivity contribution in [3.63, 3.8) is 0 Å². The highest BCUT2D eigenvalue weighted by atomic mass is 32.2. The van der Waals surface area contributed by atoms with E-state index in [4.69, 9.17) is 18.9 Å². The maximum absolute atomic E-state index is 11.5. The zero-order valence-electron chi connectivity index (χ0n) is 13.7. The van der Waals surface area contributed by atoms with Gasteiger partial charge in [-0.25, -0.2) is 0 Å². The van der Waals surface area contributed by atoms with Crippen molar-refractivity contribution in [2.75, 3.05) is 26.5 Å². The van der Waals surface area contributed by atoms with Crippen LogP contribution in [0.3, 0.4) is 0 Å². The van der Waals surface area contributed by atoms with Crippen molar-refractivity contribution in [1.82, 2.24) is 5.32 Å². The number of carbonyl (C=O) groups is 2. The van der Waals surface area contributed by atoms with Crippen LogP contribution in [0.2, 0.25) is 0 Å². The fourth-order valence-corrected chi connectivity index (χ4v) is 3.53. The lowest BCUT2D eigenvalue weighted by Gasteiger charge is -2.45. The lowest BCUT2D eigenvalue weighted by atomic mass is 9.97. The Hall–Kier alpha value is -0.830. The van der Waals surface area contributed by atoms with Crippen molar-refractivity contribution in [2.24, 2.45) is 0 Å². The molecule has 0 radical (unpaired) electrons. The molecule has 1 aliphatic heterocycles. The molecule has 4 unspecified atom stereocenters. The summed E-state index contributed by atoms with van der Waals surface area (Å²) in [4.78, 5) is 22.9. The van der Waals surface area contributed by atoms with Crippen molar-refractivity contribution in [3.8, 4) is 0 Å². The summed E-state index contributed by atoms with van der Waals surface area (Å²) in [7, 11) is 3.30. The summed E-state index contributed by atoms with van der Waals surface area (Å²) in [6.45, 7) is 4.91. The average Bonchev–Trinajstić information content (AvgIpc) is 2.42. The second-order valence-electron chi connectivity index (χ2n) is 4.92. The molecule has 8 heteroatoms. The third-order valence-corrected chi connectivity index (χ3v) is 4.31. The SMILES string of the molecule is CCS[C@@H]1OC(COC)C(OC(C)=O)C(OC(C)=O)C1NC. The van der Waals surface area contributed by atoms with Gasteiger partial charge in [-0.1, -0.05) is 6.92 Å². The van der Waals surface area contributed by atoms with Gasteiger partial charge in [-0.15, -0.1) is 11.8 Å². The van der Waals surface area contributed by atoms with Gasteiger partial charge in [0.15, 0.2) is 12.2 Å². The molecule has 7 nitrogen and oxygen atoms in total. The molecule has 0 aliphatic carbocycles. The monoisotopic (exact) mass is 335 g/mol. The van der Waals surface area contributed by atoms with Crippen LogP contribution in [0.15, 0.2) is 0 Å². The largest absolute Gasteiger partial charge is 0.457 e. The first-order chi connectivity index (χ1) is 10.4. The second kappa shape index (κ2) is 9.34. The first-order valence-electron chi connectivity index (χ1n) is 7.22. The van der Waals surface area contributed by atoms with Crippen LogP contribution < -0.4 is 5.32 Å². The summed E-state index contributed by atoms with van der Waals surface area (Å²) >= 11 is 1.59. The van der Waals surface area contributed by atoms with Gasteiger partial charge in [-0.3, -0.25) is 9.59 Å². The number of esters is 2. The molecule has 1 N–H and O–H groups in total. The highest BCUT2D eigenvalue weighted by Crippen LogP contribution is 2.31. The Balaban J connectivity index is 3.08. The number of methoxy groups -OCH3 is 1. The highest BCUT2D eigenvalue weighted by molar-refractivity contribution is 7.99. The van der Waals surface area contributed by atoms with Crippen LogP contribution in [0.5, 0.6) is 0 Å². The Morgan fingerprint density at radius 1 is 1.18 bits per heavy atom. The third-order valence-electron chi connectivity index (χ3n) is 3.25.